The van der Waals surface area contributed by atoms with Crippen molar-refractivity contribution in [3.05, 3.63) is 12.2 Å². The summed E-state index contributed by atoms with van der Waals surface area (Å²) in [7, 11) is 0. The molecule has 0 aromatic heterocycles. The van der Waals surface area contributed by atoms with E-state index in [4.69, 9.17) is 0 Å². The van der Waals surface area contributed by atoms with Crippen molar-refractivity contribution >= 4 is 5.78 Å². The summed E-state index contributed by atoms with van der Waals surface area (Å²) in [6.07, 6.45) is 6.59. The molecular formula is C11H18O. The van der Waals surface area contributed by atoms with Gasteiger partial charge in [-0.25, -0.2) is 0 Å². The predicted octanol–water partition coefficient (Wildman–Crippen LogP) is 2.81. The molecule has 0 radical (unpaired) electrons. The van der Waals surface area contributed by atoms with Crippen molar-refractivity contribution < 1.29 is 4.79 Å². The molecule has 1 aliphatic rings. The predicted molar refractivity (Wildman–Crippen MR) is 50.9 cm³/mol. The molecule has 1 heteroatoms. The van der Waals surface area contributed by atoms with Crippen LogP contribution in [0.2, 0.25) is 0 Å². The van der Waals surface area contributed by atoms with Crippen LogP contribution in [0.15, 0.2) is 12.2 Å². The molecule has 0 saturated heterocycles. The van der Waals surface area contributed by atoms with Crippen LogP contribution >= 0.6 is 0 Å². The lowest BCUT2D eigenvalue weighted by Crippen LogP contribution is -2.29. The Hall–Kier alpha value is -0.590. The van der Waals surface area contributed by atoms with Crippen molar-refractivity contribution in [3.8, 4) is 0 Å². The fraction of sp³-hybridized carbons (Fsp3) is 0.727. The van der Waals surface area contributed by atoms with E-state index in [-0.39, 0.29) is 5.92 Å². The van der Waals surface area contributed by atoms with Gasteiger partial charge in [-0.3, -0.25) is 4.79 Å². The maximum absolute atomic E-state index is 11.3. The molecule has 0 bridgehead atoms. The van der Waals surface area contributed by atoms with E-state index < -0.39 is 0 Å². The van der Waals surface area contributed by atoms with Gasteiger partial charge < -0.3 is 0 Å². The molecule has 3 atom stereocenters. The third-order valence-electron chi connectivity index (χ3n) is 2.91. The normalized spacial score (nSPS) is 35.1. The van der Waals surface area contributed by atoms with E-state index in [0.29, 0.717) is 17.6 Å². The minimum absolute atomic E-state index is 0.278. The molecule has 1 aliphatic carbocycles. The van der Waals surface area contributed by atoms with Crippen molar-refractivity contribution in [2.24, 2.45) is 17.8 Å². The first-order valence-corrected chi connectivity index (χ1v) is 4.84. The first kappa shape index (κ1) is 9.50. The molecule has 0 fully saturated rings. The zero-order valence-electron chi connectivity index (χ0n) is 8.21. The second kappa shape index (κ2) is 3.88. The quantitative estimate of drug-likeness (QED) is 0.576. The highest BCUT2D eigenvalue weighted by atomic mass is 16.1. The van der Waals surface area contributed by atoms with Crippen LogP contribution in [0, 0.1) is 17.8 Å². The van der Waals surface area contributed by atoms with Gasteiger partial charge >= 0.3 is 0 Å². The van der Waals surface area contributed by atoms with E-state index in [1.165, 1.54) is 0 Å². The summed E-state index contributed by atoms with van der Waals surface area (Å²) in [5, 5.41) is 0. The Bertz CT molecular complexity index is 193. The Labute approximate surface area is 74.9 Å². The van der Waals surface area contributed by atoms with Crippen molar-refractivity contribution in [1.82, 2.24) is 0 Å². The van der Waals surface area contributed by atoms with Crippen LogP contribution in [0.1, 0.15) is 33.6 Å². The lowest BCUT2D eigenvalue weighted by atomic mass is 9.74. The Morgan fingerprint density at radius 3 is 2.67 bits per heavy atom. The molecule has 0 amide bonds. The van der Waals surface area contributed by atoms with Gasteiger partial charge in [0.05, 0.1) is 0 Å². The van der Waals surface area contributed by atoms with E-state index in [1.54, 1.807) is 6.92 Å². The molecule has 68 valence electrons. The zero-order valence-corrected chi connectivity index (χ0v) is 8.21. The molecule has 0 unspecified atom stereocenters. The van der Waals surface area contributed by atoms with Gasteiger partial charge in [0.15, 0.2) is 0 Å². The number of allylic oxidation sites excluding steroid dienone is 2. The van der Waals surface area contributed by atoms with Gasteiger partial charge in [-0.05, 0) is 31.6 Å². The van der Waals surface area contributed by atoms with Crippen LogP contribution in [0.5, 0.6) is 0 Å². The highest BCUT2D eigenvalue weighted by Crippen LogP contribution is 2.32. The molecule has 12 heavy (non-hydrogen) atoms. The lowest BCUT2D eigenvalue weighted by Gasteiger charge is -2.30. The van der Waals surface area contributed by atoms with Crippen LogP contribution in [-0.4, -0.2) is 5.78 Å². The van der Waals surface area contributed by atoms with Gasteiger partial charge in [0.1, 0.15) is 5.78 Å². The topological polar surface area (TPSA) is 17.1 Å². The Morgan fingerprint density at radius 1 is 1.58 bits per heavy atom. The first-order chi connectivity index (χ1) is 5.66. The Kier molecular flexibility index (Phi) is 3.07. The monoisotopic (exact) mass is 166 g/mol. The lowest BCUT2D eigenvalue weighted by molar-refractivity contribution is -0.123. The van der Waals surface area contributed by atoms with Crippen molar-refractivity contribution in [2.75, 3.05) is 0 Å². The highest BCUT2D eigenvalue weighted by Gasteiger charge is 2.29. The number of Topliss-reactive ketones (excluding diaryl/α,β-unsaturated/α-hetero) is 1. The summed E-state index contributed by atoms with van der Waals surface area (Å²) >= 11 is 0. The average molecular weight is 166 g/mol. The maximum atomic E-state index is 11.3. The van der Waals surface area contributed by atoms with Gasteiger partial charge in [-0.2, -0.15) is 0 Å². The molecule has 0 saturated carbocycles. The van der Waals surface area contributed by atoms with Crippen molar-refractivity contribution in [2.45, 2.75) is 33.6 Å². The van der Waals surface area contributed by atoms with E-state index in [2.05, 4.69) is 26.0 Å². The standard InChI is InChI=1S/C11H18O/c1-4-10-7-5-6-8(2)11(10)9(3)12/h5,7-8,10-11H,4,6H2,1-3H3/t8-,10-,11-/m0/s1. The van der Waals surface area contributed by atoms with Gasteiger partial charge in [0.2, 0.25) is 0 Å². The molecule has 0 aliphatic heterocycles. The summed E-state index contributed by atoms with van der Waals surface area (Å²) in [6.45, 7) is 6.06. The molecule has 0 N–H and O–H groups in total. The zero-order chi connectivity index (χ0) is 9.14. The average Bonchev–Trinajstić information content (AvgIpc) is 2.03. The summed E-state index contributed by atoms with van der Waals surface area (Å²) < 4.78 is 0. The van der Waals surface area contributed by atoms with Crippen LogP contribution in [0.25, 0.3) is 0 Å². The summed E-state index contributed by atoms with van der Waals surface area (Å²) in [5.41, 5.74) is 0. The SMILES string of the molecule is CC[C@H]1C=CC[C@H](C)[C@H]1C(C)=O. The minimum atomic E-state index is 0.278. The smallest absolute Gasteiger partial charge is 0.133 e. The van der Waals surface area contributed by atoms with Crippen LogP contribution in [0.3, 0.4) is 0 Å². The first-order valence-electron chi connectivity index (χ1n) is 4.84. The number of carbonyl (C=O) groups excluding carboxylic acids is 1. The molecule has 0 spiro atoms. The van der Waals surface area contributed by atoms with E-state index in [1.807, 2.05) is 0 Å². The second-order valence-corrected chi connectivity index (χ2v) is 3.85. The largest absolute Gasteiger partial charge is 0.300 e. The fourth-order valence-corrected chi connectivity index (χ4v) is 2.25. The van der Waals surface area contributed by atoms with E-state index in [9.17, 15) is 4.79 Å². The van der Waals surface area contributed by atoms with E-state index >= 15 is 0 Å². The third-order valence-corrected chi connectivity index (χ3v) is 2.91. The van der Waals surface area contributed by atoms with Crippen LogP contribution in [0.4, 0.5) is 0 Å². The molecule has 1 rings (SSSR count). The molecule has 0 aromatic carbocycles. The number of hydrogen-bond acceptors (Lipinski definition) is 1. The Balaban J connectivity index is 2.77. The maximum Gasteiger partial charge on any atom is 0.133 e. The van der Waals surface area contributed by atoms with Crippen LogP contribution in [-0.2, 0) is 4.79 Å². The van der Waals surface area contributed by atoms with Gasteiger partial charge in [0.25, 0.3) is 0 Å². The second-order valence-electron chi connectivity index (χ2n) is 3.85. The fourth-order valence-electron chi connectivity index (χ4n) is 2.25. The van der Waals surface area contributed by atoms with Gasteiger partial charge in [-0.15, -0.1) is 0 Å². The highest BCUT2D eigenvalue weighted by molar-refractivity contribution is 5.79. The summed E-state index contributed by atoms with van der Waals surface area (Å²) in [5.74, 6) is 1.67. The molecule has 0 heterocycles. The molecule has 0 aromatic rings. The summed E-state index contributed by atoms with van der Waals surface area (Å²) in [6, 6.07) is 0. The third kappa shape index (κ3) is 1.77. The molecule has 1 nitrogen and oxygen atoms in total. The Morgan fingerprint density at radius 2 is 2.25 bits per heavy atom. The number of hydrogen-bond donors (Lipinski definition) is 0. The van der Waals surface area contributed by atoms with E-state index in [0.717, 1.165) is 12.8 Å². The van der Waals surface area contributed by atoms with Gasteiger partial charge in [-0.1, -0.05) is 26.0 Å². The summed E-state index contributed by atoms with van der Waals surface area (Å²) in [4.78, 5) is 11.3. The number of ketones is 1. The minimum Gasteiger partial charge on any atom is -0.300 e. The molecular weight excluding hydrogens is 148 g/mol. The van der Waals surface area contributed by atoms with Crippen LogP contribution < -0.4 is 0 Å². The van der Waals surface area contributed by atoms with Gasteiger partial charge in [0, 0.05) is 5.92 Å². The van der Waals surface area contributed by atoms with Crippen molar-refractivity contribution in [3.63, 3.8) is 0 Å². The van der Waals surface area contributed by atoms with Crippen molar-refractivity contribution in [1.29, 1.82) is 0 Å². The number of carbonyl (C=O) groups is 1. The number of rotatable bonds is 2.